The van der Waals surface area contributed by atoms with Crippen molar-refractivity contribution in [1.29, 1.82) is 0 Å². The Balaban J connectivity index is 2.46. The SMILES string of the molecule is CC(C)N(CC(=O)O)C(=O)c1nccc2ccccc12. The first-order chi connectivity index (χ1) is 9.50. The van der Waals surface area contributed by atoms with Gasteiger partial charge in [0.15, 0.2) is 0 Å². The molecular formula is C15H16N2O3. The number of hydrogen-bond acceptors (Lipinski definition) is 3. The van der Waals surface area contributed by atoms with E-state index in [9.17, 15) is 9.59 Å². The van der Waals surface area contributed by atoms with Crippen LogP contribution >= 0.6 is 0 Å². The number of carboxylic acids is 1. The Morgan fingerprint density at radius 1 is 1.25 bits per heavy atom. The number of amides is 1. The molecule has 5 heteroatoms. The smallest absolute Gasteiger partial charge is 0.323 e. The number of benzene rings is 1. The minimum atomic E-state index is -1.03. The number of carbonyl (C=O) groups is 2. The maximum absolute atomic E-state index is 12.5. The van der Waals surface area contributed by atoms with Crippen LogP contribution in [0.3, 0.4) is 0 Å². The normalized spacial score (nSPS) is 10.8. The number of nitrogens with zero attached hydrogens (tertiary/aromatic N) is 2. The van der Waals surface area contributed by atoms with E-state index in [-0.39, 0.29) is 24.2 Å². The molecule has 1 N–H and O–H groups in total. The lowest BCUT2D eigenvalue weighted by Gasteiger charge is -2.24. The van der Waals surface area contributed by atoms with Crippen LogP contribution in [0.4, 0.5) is 0 Å². The van der Waals surface area contributed by atoms with Crippen LogP contribution in [0.5, 0.6) is 0 Å². The van der Waals surface area contributed by atoms with Gasteiger partial charge in [0.1, 0.15) is 12.2 Å². The van der Waals surface area contributed by atoms with Crippen molar-refractivity contribution in [1.82, 2.24) is 9.88 Å². The summed E-state index contributed by atoms with van der Waals surface area (Å²) in [5.74, 6) is -1.40. The molecule has 1 aromatic heterocycles. The maximum atomic E-state index is 12.5. The van der Waals surface area contributed by atoms with E-state index in [1.807, 2.05) is 30.3 Å². The van der Waals surface area contributed by atoms with E-state index in [0.717, 1.165) is 10.8 Å². The lowest BCUT2D eigenvalue weighted by atomic mass is 10.1. The lowest BCUT2D eigenvalue weighted by Crippen LogP contribution is -2.41. The summed E-state index contributed by atoms with van der Waals surface area (Å²) >= 11 is 0. The molecule has 1 amide bonds. The second kappa shape index (κ2) is 5.69. The zero-order valence-corrected chi connectivity index (χ0v) is 11.4. The predicted molar refractivity (Wildman–Crippen MR) is 75.6 cm³/mol. The second-order valence-electron chi connectivity index (χ2n) is 4.80. The van der Waals surface area contributed by atoms with Gasteiger partial charge in [-0.2, -0.15) is 0 Å². The Bertz CT molecular complexity index is 647. The molecule has 20 heavy (non-hydrogen) atoms. The van der Waals surface area contributed by atoms with Gasteiger partial charge in [0.2, 0.25) is 0 Å². The monoisotopic (exact) mass is 272 g/mol. The molecule has 0 unspecified atom stereocenters. The van der Waals surface area contributed by atoms with Crippen molar-refractivity contribution in [3.05, 3.63) is 42.2 Å². The summed E-state index contributed by atoms with van der Waals surface area (Å²) in [6.07, 6.45) is 1.56. The fourth-order valence-corrected chi connectivity index (χ4v) is 2.06. The second-order valence-corrected chi connectivity index (χ2v) is 4.80. The minimum absolute atomic E-state index is 0.209. The summed E-state index contributed by atoms with van der Waals surface area (Å²) in [5.41, 5.74) is 0.290. The number of rotatable bonds is 4. The van der Waals surface area contributed by atoms with Gasteiger partial charge in [-0.3, -0.25) is 14.6 Å². The summed E-state index contributed by atoms with van der Waals surface area (Å²) < 4.78 is 0. The number of hydrogen-bond donors (Lipinski definition) is 1. The predicted octanol–water partition coefficient (Wildman–Crippen LogP) is 2.17. The van der Waals surface area contributed by atoms with Crippen LogP contribution in [0.2, 0.25) is 0 Å². The molecule has 2 aromatic rings. The number of pyridine rings is 1. The van der Waals surface area contributed by atoms with Crippen molar-refractivity contribution in [2.75, 3.05) is 6.54 Å². The minimum Gasteiger partial charge on any atom is -0.480 e. The molecule has 0 aliphatic carbocycles. The van der Waals surface area contributed by atoms with E-state index in [1.165, 1.54) is 4.90 Å². The highest BCUT2D eigenvalue weighted by Crippen LogP contribution is 2.18. The van der Waals surface area contributed by atoms with Gasteiger partial charge >= 0.3 is 5.97 Å². The standard InChI is InChI=1S/C15H16N2O3/c1-10(2)17(9-13(18)19)15(20)14-12-6-4-3-5-11(12)7-8-16-14/h3-8,10H,9H2,1-2H3,(H,18,19). The number of carbonyl (C=O) groups excluding carboxylic acids is 1. The Morgan fingerprint density at radius 2 is 1.95 bits per heavy atom. The van der Waals surface area contributed by atoms with E-state index in [0.29, 0.717) is 0 Å². The molecule has 0 atom stereocenters. The molecule has 0 spiro atoms. The first-order valence-corrected chi connectivity index (χ1v) is 6.37. The van der Waals surface area contributed by atoms with Crippen molar-refractivity contribution in [2.45, 2.75) is 19.9 Å². The van der Waals surface area contributed by atoms with Gasteiger partial charge in [-0.25, -0.2) is 0 Å². The van der Waals surface area contributed by atoms with Gasteiger partial charge < -0.3 is 10.0 Å². The Morgan fingerprint density at radius 3 is 2.60 bits per heavy atom. The molecule has 0 aliphatic rings. The summed E-state index contributed by atoms with van der Waals surface area (Å²) in [6.45, 7) is 3.24. The third kappa shape index (κ3) is 2.77. The fourth-order valence-electron chi connectivity index (χ4n) is 2.06. The van der Waals surface area contributed by atoms with Gasteiger partial charge in [0, 0.05) is 17.6 Å². The quantitative estimate of drug-likeness (QED) is 0.926. The molecular weight excluding hydrogens is 256 g/mol. The van der Waals surface area contributed by atoms with Gasteiger partial charge in [-0.1, -0.05) is 24.3 Å². The lowest BCUT2D eigenvalue weighted by molar-refractivity contribution is -0.138. The van der Waals surface area contributed by atoms with Crippen LogP contribution in [-0.2, 0) is 4.79 Å². The maximum Gasteiger partial charge on any atom is 0.323 e. The van der Waals surface area contributed by atoms with Crippen LogP contribution in [0.25, 0.3) is 10.8 Å². The summed E-state index contributed by atoms with van der Waals surface area (Å²) in [5, 5.41) is 10.6. The zero-order chi connectivity index (χ0) is 14.7. The summed E-state index contributed by atoms with van der Waals surface area (Å²) in [4.78, 5) is 28.9. The van der Waals surface area contributed by atoms with Crippen LogP contribution < -0.4 is 0 Å². The molecule has 0 saturated heterocycles. The zero-order valence-electron chi connectivity index (χ0n) is 11.4. The van der Waals surface area contributed by atoms with Crippen molar-refractivity contribution in [3.8, 4) is 0 Å². The Kier molecular flexibility index (Phi) is 3.98. The van der Waals surface area contributed by atoms with Gasteiger partial charge in [0.25, 0.3) is 5.91 Å². The van der Waals surface area contributed by atoms with Crippen molar-refractivity contribution >= 4 is 22.6 Å². The molecule has 104 valence electrons. The number of carboxylic acid groups (broad SMARTS) is 1. The van der Waals surface area contributed by atoms with Crippen LogP contribution in [-0.4, -0.2) is 39.5 Å². The highest BCUT2D eigenvalue weighted by Gasteiger charge is 2.23. The van der Waals surface area contributed by atoms with Gasteiger partial charge in [0.05, 0.1) is 0 Å². The van der Waals surface area contributed by atoms with Crippen LogP contribution in [0, 0.1) is 0 Å². The highest BCUT2D eigenvalue weighted by atomic mass is 16.4. The van der Waals surface area contributed by atoms with Crippen LogP contribution in [0.15, 0.2) is 36.5 Å². The molecule has 1 heterocycles. The molecule has 5 nitrogen and oxygen atoms in total. The topological polar surface area (TPSA) is 70.5 Å². The van der Waals surface area contributed by atoms with E-state index in [2.05, 4.69) is 4.98 Å². The van der Waals surface area contributed by atoms with E-state index in [1.54, 1.807) is 20.0 Å². The molecule has 0 saturated carbocycles. The fraction of sp³-hybridized carbons (Fsp3) is 0.267. The average molecular weight is 272 g/mol. The Labute approximate surface area is 116 Å². The third-order valence-corrected chi connectivity index (χ3v) is 3.07. The molecule has 0 aliphatic heterocycles. The van der Waals surface area contributed by atoms with Crippen molar-refractivity contribution in [3.63, 3.8) is 0 Å². The van der Waals surface area contributed by atoms with Gasteiger partial charge in [-0.05, 0) is 25.3 Å². The molecule has 0 bridgehead atoms. The molecule has 1 aromatic carbocycles. The van der Waals surface area contributed by atoms with Crippen molar-refractivity contribution < 1.29 is 14.7 Å². The van der Waals surface area contributed by atoms with E-state index < -0.39 is 5.97 Å². The van der Waals surface area contributed by atoms with Gasteiger partial charge in [-0.15, -0.1) is 0 Å². The Hall–Kier alpha value is -2.43. The van der Waals surface area contributed by atoms with E-state index >= 15 is 0 Å². The highest BCUT2D eigenvalue weighted by molar-refractivity contribution is 6.05. The summed E-state index contributed by atoms with van der Waals surface area (Å²) in [6, 6.07) is 9.04. The molecule has 2 rings (SSSR count). The van der Waals surface area contributed by atoms with Crippen LogP contribution in [0.1, 0.15) is 24.3 Å². The first kappa shape index (κ1) is 14.0. The molecule has 0 radical (unpaired) electrons. The number of aromatic nitrogens is 1. The third-order valence-electron chi connectivity index (χ3n) is 3.07. The molecule has 0 fully saturated rings. The summed E-state index contributed by atoms with van der Waals surface area (Å²) in [7, 11) is 0. The largest absolute Gasteiger partial charge is 0.480 e. The number of fused-ring (bicyclic) bond motifs is 1. The first-order valence-electron chi connectivity index (χ1n) is 6.37. The van der Waals surface area contributed by atoms with E-state index in [4.69, 9.17) is 5.11 Å². The number of aliphatic carboxylic acids is 1. The average Bonchev–Trinajstić information content (AvgIpc) is 2.43. The van der Waals surface area contributed by atoms with Crippen molar-refractivity contribution in [2.24, 2.45) is 0 Å².